The third kappa shape index (κ3) is 17.2. The van der Waals surface area contributed by atoms with E-state index in [-0.39, 0.29) is 85.7 Å². The van der Waals surface area contributed by atoms with Crippen molar-refractivity contribution in [3.8, 4) is 5.75 Å². The van der Waals surface area contributed by atoms with Crippen molar-refractivity contribution in [2.45, 2.75) is 169 Å². The number of ether oxygens (including phenoxy) is 4. The van der Waals surface area contributed by atoms with E-state index in [4.69, 9.17) is 18.9 Å². The van der Waals surface area contributed by atoms with Crippen molar-refractivity contribution >= 4 is 57.0 Å². The molecule has 476 valence electrons. The zero-order valence-electron chi connectivity index (χ0n) is 50.2. The molecule has 9 rings (SSSR count). The first kappa shape index (κ1) is 65.3. The fraction of sp³-hybridized carbons (Fsp3) is 0.645. The van der Waals surface area contributed by atoms with E-state index in [0.29, 0.717) is 93.7 Å². The largest absolute Gasteiger partial charge is 0.497 e. The summed E-state index contributed by atoms with van der Waals surface area (Å²) in [5, 5.41) is 37.2. The molecule has 0 aromatic heterocycles. The molecule has 0 bridgehead atoms. The van der Waals surface area contributed by atoms with Crippen LogP contribution in [0.15, 0.2) is 59.0 Å². The minimum absolute atomic E-state index is 0.00417. The van der Waals surface area contributed by atoms with Crippen molar-refractivity contribution in [1.82, 2.24) is 41.5 Å². The summed E-state index contributed by atoms with van der Waals surface area (Å²) in [5.74, 6) is -3.67. The monoisotopic (exact) mass is 1230 g/mol. The van der Waals surface area contributed by atoms with Crippen molar-refractivity contribution in [3.63, 3.8) is 0 Å². The third-order valence-electron chi connectivity index (χ3n) is 18.5. The molecule has 4 aliphatic heterocycles. The summed E-state index contributed by atoms with van der Waals surface area (Å²) < 4.78 is 50.1. The number of fused-ring (bicyclic) bond motifs is 1. The van der Waals surface area contributed by atoms with E-state index in [1.165, 1.54) is 20.1 Å². The molecule has 25 heteroatoms. The van der Waals surface area contributed by atoms with E-state index in [1.54, 1.807) is 50.2 Å². The number of allylic oxidation sites excluding steroid dienone is 1. The number of ketones is 2. The van der Waals surface area contributed by atoms with Gasteiger partial charge in [0.1, 0.15) is 41.1 Å². The summed E-state index contributed by atoms with van der Waals surface area (Å²) >= 11 is 0. The fourth-order valence-electron chi connectivity index (χ4n) is 12.9. The van der Waals surface area contributed by atoms with Gasteiger partial charge in [0, 0.05) is 38.4 Å². The number of methoxy groups -OCH3 is 1. The molecule has 9 N–H and O–H groups in total. The first-order valence-corrected chi connectivity index (χ1v) is 32.2. The molecule has 87 heavy (non-hydrogen) atoms. The number of hydrogen-bond donors (Lipinski definition) is 9. The van der Waals surface area contributed by atoms with Gasteiger partial charge in [-0.2, -0.15) is 0 Å². The van der Waals surface area contributed by atoms with Crippen LogP contribution in [-0.2, 0) is 81.9 Å². The predicted octanol–water partition coefficient (Wildman–Crippen LogP) is 0.368. The smallest absolute Gasteiger partial charge is 0.245 e. The molecule has 3 saturated heterocycles. The van der Waals surface area contributed by atoms with Gasteiger partial charge in [0.05, 0.1) is 69.8 Å². The van der Waals surface area contributed by atoms with Crippen molar-refractivity contribution in [2.24, 2.45) is 23.7 Å². The SMILES string of the molecule is COc1ccc(CC(NC(=O)C(CO)NC(=O)C2CCC(O)CC2)C(=O)NC(CC2=CC(C3CCC(CC(NC(=O)C(Cc4ccc5c(c4)CCNS5(=O)=O)NC(=O)C(C)NC(=O)CN4CCOCC4)C(=O)C4(C)CO4)C3)CC2)C(=O)C2(C)CO2)cc1. The number of aliphatic hydroxyl groups is 2. The fourth-order valence-corrected chi connectivity index (χ4v) is 14.2. The van der Waals surface area contributed by atoms with Gasteiger partial charge in [-0.3, -0.25) is 43.3 Å². The predicted molar refractivity (Wildman–Crippen MR) is 315 cm³/mol. The van der Waals surface area contributed by atoms with Gasteiger partial charge in [-0.15, -0.1) is 0 Å². The Kier molecular flexibility index (Phi) is 21.4. The summed E-state index contributed by atoms with van der Waals surface area (Å²) in [4.78, 5) is 114. The molecule has 7 aliphatic rings. The Morgan fingerprint density at radius 2 is 1.31 bits per heavy atom. The van der Waals surface area contributed by atoms with Gasteiger partial charge in [0.2, 0.25) is 45.5 Å². The van der Waals surface area contributed by atoms with Crippen LogP contribution in [0.3, 0.4) is 0 Å². The zero-order valence-corrected chi connectivity index (χ0v) is 51.0. The van der Waals surface area contributed by atoms with E-state index >= 15 is 0 Å². The number of epoxide rings is 2. The lowest BCUT2D eigenvalue weighted by Gasteiger charge is -2.28. The van der Waals surface area contributed by atoms with Crippen molar-refractivity contribution < 1.29 is 75.9 Å². The maximum atomic E-state index is 14.7. The summed E-state index contributed by atoms with van der Waals surface area (Å²) in [6, 6.07) is 4.80. The highest BCUT2D eigenvalue weighted by molar-refractivity contribution is 7.89. The lowest BCUT2D eigenvalue weighted by Crippen LogP contribution is -2.58. The number of aliphatic hydroxyl groups excluding tert-OH is 2. The second-order valence-electron chi connectivity index (χ2n) is 25.2. The van der Waals surface area contributed by atoms with Gasteiger partial charge in [0.25, 0.3) is 0 Å². The Morgan fingerprint density at radius 1 is 0.713 bits per heavy atom. The summed E-state index contributed by atoms with van der Waals surface area (Å²) in [6.07, 6.45) is 8.03. The average molecular weight is 1230 g/mol. The highest BCUT2D eigenvalue weighted by Crippen LogP contribution is 2.45. The Labute approximate surface area is 508 Å². The number of sulfonamides is 1. The molecule has 24 nitrogen and oxygen atoms in total. The molecule has 2 aromatic carbocycles. The molecule has 3 aliphatic carbocycles. The van der Waals surface area contributed by atoms with Crippen LogP contribution in [0.5, 0.6) is 5.75 Å². The second kappa shape index (κ2) is 28.5. The zero-order chi connectivity index (χ0) is 62.2. The standard InChI is InChI=1S/C62H86N8O16S/c1-36(64-53(73)32-70-21-23-84-24-22-70)56(76)67-50(31-40-9-18-52-44(27-40)19-20-63-87(52,81)82)59(79)66-48(55(75)62(3)35-86-62)30-39-6-11-43(26-39)42-10-5-38(25-42)29-47(54(74)61(2)34-85-61)65-58(78)49(28-37-7-16-46(83-4)17-8-37)68-60(80)51(33-71)69-57(77)41-12-14-45(72)15-13-41/h7-9,16-18,25,27,36,39,41-43,45,47-51,63,71-72H,5-6,10-15,19-24,26,28-35H2,1-4H3,(H,64,73)(H,65,78)(H,66,79)(H,67,76)(H,68,80)(H,69,77). The minimum Gasteiger partial charge on any atom is -0.497 e. The van der Waals surface area contributed by atoms with Gasteiger partial charge in [-0.25, -0.2) is 13.1 Å². The maximum Gasteiger partial charge on any atom is 0.245 e. The van der Waals surface area contributed by atoms with Crippen LogP contribution in [0.1, 0.15) is 108 Å². The van der Waals surface area contributed by atoms with Gasteiger partial charge in [-0.05, 0) is 144 Å². The number of morpholine rings is 1. The number of benzene rings is 2. The number of rotatable bonds is 28. The van der Waals surface area contributed by atoms with E-state index in [9.17, 15) is 57.0 Å². The molecular formula is C62H86N8O16S. The van der Waals surface area contributed by atoms with Crippen LogP contribution in [0.25, 0.3) is 0 Å². The van der Waals surface area contributed by atoms with Gasteiger partial charge >= 0.3 is 0 Å². The second-order valence-corrected chi connectivity index (χ2v) is 26.9. The third-order valence-corrected chi connectivity index (χ3v) is 20.0. The first-order chi connectivity index (χ1) is 41.5. The summed E-state index contributed by atoms with van der Waals surface area (Å²) in [7, 11) is -2.19. The lowest BCUT2D eigenvalue weighted by atomic mass is 9.87. The van der Waals surface area contributed by atoms with Crippen molar-refractivity contribution in [1.29, 1.82) is 0 Å². The van der Waals surface area contributed by atoms with Crippen LogP contribution in [0, 0.1) is 23.7 Å². The molecular weight excluding hydrogens is 1140 g/mol. The highest BCUT2D eigenvalue weighted by Gasteiger charge is 2.52. The summed E-state index contributed by atoms with van der Waals surface area (Å²) in [5.41, 5.74) is 0.553. The Morgan fingerprint density at radius 3 is 1.95 bits per heavy atom. The summed E-state index contributed by atoms with van der Waals surface area (Å²) in [6.45, 7) is 6.86. The molecule has 0 radical (unpaired) electrons. The molecule has 2 saturated carbocycles. The molecule has 6 amide bonds. The number of nitrogens with zero attached hydrogens (tertiary/aromatic N) is 1. The van der Waals surface area contributed by atoms with Crippen molar-refractivity contribution in [2.75, 3.05) is 66.3 Å². The molecule has 11 atom stereocenters. The van der Waals surface area contributed by atoms with Crippen LogP contribution < -0.4 is 41.4 Å². The lowest BCUT2D eigenvalue weighted by molar-refractivity contribution is -0.135. The average Bonchev–Trinajstić information content (AvgIpc) is 2.61. The van der Waals surface area contributed by atoms with Crippen LogP contribution >= 0.6 is 0 Å². The molecule has 2 aromatic rings. The van der Waals surface area contributed by atoms with E-state index in [2.05, 4.69) is 42.7 Å². The van der Waals surface area contributed by atoms with Crippen molar-refractivity contribution in [3.05, 3.63) is 70.8 Å². The van der Waals surface area contributed by atoms with Crippen LogP contribution in [0.2, 0.25) is 0 Å². The number of Topliss-reactive ketones (excluding diaryl/α,β-unsaturated/α-hetero) is 2. The molecule has 4 heterocycles. The van der Waals surface area contributed by atoms with E-state index in [1.807, 2.05) is 4.90 Å². The van der Waals surface area contributed by atoms with E-state index in [0.717, 1.165) is 31.3 Å². The quantitative estimate of drug-likeness (QED) is 0.0410. The molecule has 11 unspecified atom stereocenters. The number of amides is 6. The number of carbonyl (C=O) groups is 8. The normalized spacial score (nSPS) is 27.7. The highest BCUT2D eigenvalue weighted by atomic mass is 32.2. The number of nitrogens with one attached hydrogen (secondary N) is 7. The molecule has 0 spiro atoms. The van der Waals surface area contributed by atoms with Crippen LogP contribution in [-0.4, -0.2) is 190 Å². The molecule has 5 fully saturated rings. The Hall–Kier alpha value is -6.19. The first-order valence-electron chi connectivity index (χ1n) is 30.7. The van der Waals surface area contributed by atoms with Gasteiger partial charge in [0.15, 0.2) is 11.6 Å². The van der Waals surface area contributed by atoms with E-state index < -0.39 is 106 Å². The van der Waals surface area contributed by atoms with Gasteiger partial charge < -0.3 is 61.1 Å². The topological polar surface area (TPSA) is 342 Å². The maximum absolute atomic E-state index is 14.7. The minimum atomic E-state index is -3.72. The Bertz CT molecular complexity index is 3010. The number of hydrogen-bond acceptors (Lipinski definition) is 17. The number of carbonyl (C=O) groups excluding carboxylic acids is 8. The van der Waals surface area contributed by atoms with Gasteiger partial charge in [-0.1, -0.05) is 42.3 Å². The van der Waals surface area contributed by atoms with Crippen LogP contribution in [0.4, 0.5) is 0 Å². The Balaban J connectivity index is 0.862.